The van der Waals surface area contributed by atoms with Gasteiger partial charge in [-0.05, 0) is 37.1 Å². The Morgan fingerprint density at radius 3 is 2.69 bits per heavy atom. The molecule has 2 rings (SSSR count). The van der Waals surface area contributed by atoms with Gasteiger partial charge in [0.2, 0.25) is 0 Å². The molecule has 16 heavy (non-hydrogen) atoms. The number of hydrogen-bond donors (Lipinski definition) is 1. The topological polar surface area (TPSA) is 38.9 Å². The van der Waals surface area contributed by atoms with Crippen LogP contribution in [0.25, 0.3) is 0 Å². The SMILES string of the molecule is Cc1nc(C(N)c2ccc(F)cc2C)cs1. The Hall–Kier alpha value is -1.26. The van der Waals surface area contributed by atoms with Crippen molar-refractivity contribution in [3.63, 3.8) is 0 Å². The van der Waals surface area contributed by atoms with Gasteiger partial charge >= 0.3 is 0 Å². The van der Waals surface area contributed by atoms with Crippen LogP contribution < -0.4 is 5.73 Å². The highest BCUT2D eigenvalue weighted by Gasteiger charge is 2.14. The highest BCUT2D eigenvalue weighted by Crippen LogP contribution is 2.24. The van der Waals surface area contributed by atoms with Crippen LogP contribution in [-0.4, -0.2) is 4.98 Å². The summed E-state index contributed by atoms with van der Waals surface area (Å²) in [5, 5.41) is 2.94. The van der Waals surface area contributed by atoms with E-state index in [1.165, 1.54) is 12.1 Å². The fourth-order valence-electron chi connectivity index (χ4n) is 1.67. The van der Waals surface area contributed by atoms with Gasteiger partial charge in [-0.25, -0.2) is 9.37 Å². The van der Waals surface area contributed by atoms with Crippen LogP contribution in [-0.2, 0) is 0 Å². The molecule has 2 nitrogen and oxygen atoms in total. The van der Waals surface area contributed by atoms with Crippen LogP contribution in [0.5, 0.6) is 0 Å². The molecule has 0 fully saturated rings. The molecule has 2 aromatic rings. The Kier molecular flexibility index (Phi) is 3.03. The normalized spacial score (nSPS) is 12.8. The molecular formula is C12H13FN2S. The predicted molar refractivity (Wildman–Crippen MR) is 64.0 cm³/mol. The molecule has 1 aromatic heterocycles. The fraction of sp³-hybridized carbons (Fsp3) is 0.250. The molecule has 1 unspecified atom stereocenters. The number of hydrogen-bond acceptors (Lipinski definition) is 3. The molecule has 0 saturated carbocycles. The van der Waals surface area contributed by atoms with Crippen LogP contribution in [0.15, 0.2) is 23.6 Å². The molecule has 0 radical (unpaired) electrons. The number of aryl methyl sites for hydroxylation is 2. The largest absolute Gasteiger partial charge is 0.319 e. The minimum atomic E-state index is -0.273. The van der Waals surface area contributed by atoms with Crippen molar-refractivity contribution in [2.45, 2.75) is 19.9 Å². The highest BCUT2D eigenvalue weighted by atomic mass is 32.1. The number of nitrogens with two attached hydrogens (primary N) is 1. The summed E-state index contributed by atoms with van der Waals surface area (Å²) in [5.74, 6) is -0.233. The van der Waals surface area contributed by atoms with Gasteiger partial charge in [0, 0.05) is 5.38 Å². The molecule has 0 bridgehead atoms. The maximum absolute atomic E-state index is 13.0. The van der Waals surface area contributed by atoms with E-state index in [1.807, 2.05) is 19.2 Å². The molecule has 0 aliphatic heterocycles. The van der Waals surface area contributed by atoms with Gasteiger partial charge < -0.3 is 5.73 Å². The molecule has 0 amide bonds. The van der Waals surface area contributed by atoms with E-state index in [0.717, 1.165) is 21.8 Å². The van der Waals surface area contributed by atoms with E-state index in [9.17, 15) is 4.39 Å². The van der Waals surface area contributed by atoms with E-state index in [0.29, 0.717) is 0 Å². The van der Waals surface area contributed by atoms with Crippen molar-refractivity contribution in [2.75, 3.05) is 0 Å². The Bertz CT molecular complexity index is 507. The quantitative estimate of drug-likeness (QED) is 0.870. The average molecular weight is 236 g/mol. The van der Waals surface area contributed by atoms with E-state index in [4.69, 9.17) is 5.73 Å². The first-order valence-electron chi connectivity index (χ1n) is 5.01. The Labute approximate surface area is 97.9 Å². The lowest BCUT2D eigenvalue weighted by atomic mass is 10.00. The third-order valence-corrected chi connectivity index (χ3v) is 3.31. The minimum Gasteiger partial charge on any atom is -0.319 e. The molecule has 1 heterocycles. The molecule has 0 spiro atoms. The first-order valence-corrected chi connectivity index (χ1v) is 5.89. The average Bonchev–Trinajstić information content (AvgIpc) is 2.64. The zero-order valence-electron chi connectivity index (χ0n) is 9.20. The molecular weight excluding hydrogens is 223 g/mol. The third kappa shape index (κ3) is 2.13. The second kappa shape index (κ2) is 4.31. The van der Waals surface area contributed by atoms with E-state index in [1.54, 1.807) is 17.4 Å². The third-order valence-electron chi connectivity index (χ3n) is 2.52. The lowest BCUT2D eigenvalue weighted by Gasteiger charge is -2.12. The van der Waals surface area contributed by atoms with Gasteiger partial charge in [-0.3, -0.25) is 0 Å². The number of nitrogens with zero attached hydrogens (tertiary/aromatic N) is 1. The van der Waals surface area contributed by atoms with E-state index in [-0.39, 0.29) is 11.9 Å². The summed E-state index contributed by atoms with van der Waals surface area (Å²) in [6.45, 7) is 3.80. The van der Waals surface area contributed by atoms with Gasteiger partial charge in [-0.15, -0.1) is 11.3 Å². The van der Waals surface area contributed by atoms with E-state index in [2.05, 4.69) is 4.98 Å². The van der Waals surface area contributed by atoms with Crippen molar-refractivity contribution in [3.8, 4) is 0 Å². The second-order valence-corrected chi connectivity index (χ2v) is 4.83. The van der Waals surface area contributed by atoms with Crippen molar-refractivity contribution >= 4 is 11.3 Å². The van der Waals surface area contributed by atoms with Crippen LogP contribution in [0, 0.1) is 19.7 Å². The summed E-state index contributed by atoms with van der Waals surface area (Å²) < 4.78 is 13.0. The summed E-state index contributed by atoms with van der Waals surface area (Å²) in [4.78, 5) is 4.35. The molecule has 0 aliphatic rings. The molecule has 84 valence electrons. The molecule has 1 aromatic carbocycles. The number of thiazole rings is 1. The van der Waals surface area contributed by atoms with Crippen molar-refractivity contribution in [2.24, 2.45) is 5.73 Å². The maximum Gasteiger partial charge on any atom is 0.123 e. The smallest absolute Gasteiger partial charge is 0.123 e. The van der Waals surface area contributed by atoms with Gasteiger partial charge in [0.25, 0.3) is 0 Å². The zero-order chi connectivity index (χ0) is 11.7. The summed E-state index contributed by atoms with van der Waals surface area (Å²) in [5.41, 5.74) is 8.73. The number of halogens is 1. The van der Waals surface area contributed by atoms with Gasteiger partial charge in [0.1, 0.15) is 5.82 Å². The first kappa shape index (κ1) is 11.2. The van der Waals surface area contributed by atoms with Crippen molar-refractivity contribution < 1.29 is 4.39 Å². The summed E-state index contributed by atoms with van der Waals surface area (Å²) in [6, 6.07) is 4.38. The number of aromatic nitrogens is 1. The van der Waals surface area contributed by atoms with Gasteiger partial charge in [0.05, 0.1) is 16.7 Å². The van der Waals surface area contributed by atoms with E-state index >= 15 is 0 Å². The van der Waals surface area contributed by atoms with Crippen LogP contribution >= 0.6 is 11.3 Å². The van der Waals surface area contributed by atoms with Crippen LogP contribution in [0.4, 0.5) is 4.39 Å². The second-order valence-electron chi connectivity index (χ2n) is 3.77. The fourth-order valence-corrected chi connectivity index (χ4v) is 2.32. The standard InChI is InChI=1S/C12H13FN2S/c1-7-5-9(13)3-4-10(7)12(14)11-6-16-8(2)15-11/h3-6,12H,14H2,1-2H3. The predicted octanol–water partition coefficient (Wildman–Crippen LogP) is 2.95. The monoisotopic (exact) mass is 236 g/mol. The lowest BCUT2D eigenvalue weighted by Crippen LogP contribution is -2.13. The molecule has 0 aliphatic carbocycles. The van der Waals surface area contributed by atoms with Crippen molar-refractivity contribution in [1.82, 2.24) is 4.98 Å². The number of rotatable bonds is 2. The van der Waals surface area contributed by atoms with Crippen LogP contribution in [0.2, 0.25) is 0 Å². The Morgan fingerprint density at radius 1 is 1.38 bits per heavy atom. The molecule has 4 heteroatoms. The van der Waals surface area contributed by atoms with Crippen LogP contribution in [0.1, 0.15) is 27.9 Å². The summed E-state index contributed by atoms with van der Waals surface area (Å²) in [6.07, 6.45) is 0. The molecule has 0 saturated heterocycles. The zero-order valence-corrected chi connectivity index (χ0v) is 10.0. The summed E-state index contributed by atoms with van der Waals surface area (Å²) in [7, 11) is 0. The van der Waals surface area contributed by atoms with Crippen molar-refractivity contribution in [1.29, 1.82) is 0 Å². The Morgan fingerprint density at radius 2 is 2.12 bits per heavy atom. The highest BCUT2D eigenvalue weighted by molar-refractivity contribution is 7.09. The van der Waals surface area contributed by atoms with Crippen LogP contribution in [0.3, 0.4) is 0 Å². The van der Waals surface area contributed by atoms with E-state index < -0.39 is 0 Å². The van der Waals surface area contributed by atoms with Gasteiger partial charge in [-0.2, -0.15) is 0 Å². The lowest BCUT2D eigenvalue weighted by molar-refractivity contribution is 0.624. The summed E-state index contributed by atoms with van der Waals surface area (Å²) >= 11 is 1.57. The molecule has 2 N–H and O–H groups in total. The minimum absolute atomic E-state index is 0.233. The number of benzene rings is 1. The Balaban J connectivity index is 2.37. The molecule has 1 atom stereocenters. The first-order chi connectivity index (χ1) is 7.58. The van der Waals surface area contributed by atoms with Gasteiger partial charge in [-0.1, -0.05) is 6.07 Å². The van der Waals surface area contributed by atoms with Gasteiger partial charge in [0.15, 0.2) is 0 Å². The maximum atomic E-state index is 13.0. The van der Waals surface area contributed by atoms with Crippen molar-refractivity contribution in [3.05, 3.63) is 51.2 Å².